The number of hydrogen-bond donors (Lipinski definition) is 1. The molecule has 1 aromatic carbocycles. The second kappa shape index (κ2) is 5.43. The average Bonchev–Trinajstić information content (AvgIpc) is 2.76. The Balaban J connectivity index is 1.80. The molecule has 2 aromatic rings. The highest BCUT2D eigenvalue weighted by Crippen LogP contribution is 2.31. The van der Waals surface area contributed by atoms with Crippen LogP contribution in [0.4, 0.5) is 5.69 Å². The lowest BCUT2D eigenvalue weighted by Crippen LogP contribution is -1.97. The van der Waals surface area contributed by atoms with Crippen molar-refractivity contribution in [3.63, 3.8) is 0 Å². The summed E-state index contributed by atoms with van der Waals surface area (Å²) in [6.45, 7) is 0. The fourth-order valence-electron chi connectivity index (χ4n) is 2.68. The number of hydrogen-bond acceptors (Lipinski definition) is 4. The molecule has 1 aliphatic rings. The van der Waals surface area contributed by atoms with Gasteiger partial charge in [0.15, 0.2) is 0 Å². The molecule has 1 heterocycles. The molecule has 0 amide bonds. The van der Waals surface area contributed by atoms with Gasteiger partial charge in [0.05, 0.1) is 0 Å². The molecule has 0 unspecified atom stereocenters. The van der Waals surface area contributed by atoms with Gasteiger partial charge in [0.1, 0.15) is 0 Å². The van der Waals surface area contributed by atoms with Gasteiger partial charge in [-0.1, -0.05) is 30.8 Å². The standard InChI is InChI=1S/C15H19N3O/c16-13-9-7-11(8-10-13)14-17-15(19-18-14)12-5-3-1-2-4-6-12/h7-10,12H,1-6,16H2. The Kier molecular flexibility index (Phi) is 3.49. The van der Waals surface area contributed by atoms with Crippen LogP contribution in [0.5, 0.6) is 0 Å². The van der Waals surface area contributed by atoms with E-state index < -0.39 is 0 Å². The first kappa shape index (κ1) is 12.2. The number of anilines is 1. The SMILES string of the molecule is Nc1ccc(-c2noc(C3CCCCCC3)n2)cc1. The molecule has 2 N–H and O–H groups in total. The quantitative estimate of drug-likeness (QED) is 0.657. The Morgan fingerprint density at radius 1 is 1.00 bits per heavy atom. The van der Waals surface area contributed by atoms with E-state index >= 15 is 0 Å². The van der Waals surface area contributed by atoms with Crippen LogP contribution in [-0.2, 0) is 0 Å². The summed E-state index contributed by atoms with van der Waals surface area (Å²) < 4.78 is 5.45. The molecule has 1 aliphatic carbocycles. The summed E-state index contributed by atoms with van der Waals surface area (Å²) in [5.74, 6) is 1.91. The highest BCUT2D eigenvalue weighted by Gasteiger charge is 2.20. The lowest BCUT2D eigenvalue weighted by atomic mass is 10.0. The summed E-state index contributed by atoms with van der Waals surface area (Å²) in [7, 11) is 0. The fourth-order valence-corrected chi connectivity index (χ4v) is 2.68. The van der Waals surface area contributed by atoms with Crippen molar-refractivity contribution in [1.29, 1.82) is 0 Å². The van der Waals surface area contributed by atoms with Gasteiger partial charge in [-0.15, -0.1) is 0 Å². The fraction of sp³-hybridized carbons (Fsp3) is 0.467. The highest BCUT2D eigenvalue weighted by molar-refractivity contribution is 5.58. The molecule has 4 heteroatoms. The predicted molar refractivity (Wildman–Crippen MR) is 74.6 cm³/mol. The van der Waals surface area contributed by atoms with Gasteiger partial charge in [-0.25, -0.2) is 0 Å². The number of nitrogens with two attached hydrogens (primary N) is 1. The van der Waals surface area contributed by atoms with E-state index in [9.17, 15) is 0 Å². The Bertz CT molecular complexity index is 525. The van der Waals surface area contributed by atoms with Crippen LogP contribution >= 0.6 is 0 Å². The smallest absolute Gasteiger partial charge is 0.230 e. The van der Waals surface area contributed by atoms with E-state index in [1.165, 1.54) is 38.5 Å². The molecule has 100 valence electrons. The maximum Gasteiger partial charge on any atom is 0.230 e. The van der Waals surface area contributed by atoms with Crippen LogP contribution < -0.4 is 5.73 Å². The lowest BCUT2D eigenvalue weighted by molar-refractivity contribution is 0.341. The lowest BCUT2D eigenvalue weighted by Gasteiger charge is -2.06. The van der Waals surface area contributed by atoms with Crippen LogP contribution in [0, 0.1) is 0 Å². The molecule has 4 nitrogen and oxygen atoms in total. The van der Waals surface area contributed by atoms with Crippen LogP contribution in [0.25, 0.3) is 11.4 Å². The van der Waals surface area contributed by atoms with Gasteiger partial charge in [0, 0.05) is 17.2 Å². The number of rotatable bonds is 2. The third kappa shape index (κ3) is 2.78. The van der Waals surface area contributed by atoms with Crippen molar-refractivity contribution in [3.8, 4) is 11.4 Å². The minimum atomic E-state index is 0.442. The van der Waals surface area contributed by atoms with Crippen LogP contribution in [0.15, 0.2) is 28.8 Å². The van der Waals surface area contributed by atoms with E-state index in [4.69, 9.17) is 10.3 Å². The normalized spacial score (nSPS) is 17.3. The molecule has 3 rings (SSSR count). The first-order chi connectivity index (χ1) is 9.33. The Hall–Kier alpha value is -1.84. The summed E-state index contributed by atoms with van der Waals surface area (Å²) in [6, 6.07) is 7.57. The molecule has 0 atom stereocenters. The van der Waals surface area contributed by atoms with Crippen LogP contribution in [0.2, 0.25) is 0 Å². The van der Waals surface area contributed by atoms with Crippen molar-refractivity contribution in [1.82, 2.24) is 10.1 Å². The number of benzene rings is 1. The van der Waals surface area contributed by atoms with Crippen molar-refractivity contribution in [2.45, 2.75) is 44.4 Å². The maximum absolute atomic E-state index is 5.68. The summed E-state index contributed by atoms with van der Waals surface area (Å²) in [6.07, 6.45) is 7.53. The Morgan fingerprint density at radius 3 is 2.37 bits per heavy atom. The minimum absolute atomic E-state index is 0.442. The van der Waals surface area contributed by atoms with Crippen molar-refractivity contribution in [2.24, 2.45) is 0 Å². The molecule has 0 aliphatic heterocycles. The molecule has 1 fully saturated rings. The van der Waals surface area contributed by atoms with Gasteiger partial charge in [0.25, 0.3) is 0 Å². The zero-order valence-corrected chi connectivity index (χ0v) is 11.0. The van der Waals surface area contributed by atoms with Crippen LogP contribution in [0.1, 0.15) is 50.3 Å². The van der Waals surface area contributed by atoms with Gasteiger partial charge in [-0.2, -0.15) is 4.98 Å². The summed E-state index contributed by atoms with van der Waals surface area (Å²) >= 11 is 0. The topological polar surface area (TPSA) is 64.9 Å². The zero-order chi connectivity index (χ0) is 13.1. The molecule has 0 spiro atoms. The van der Waals surface area contributed by atoms with Gasteiger partial charge in [-0.05, 0) is 37.1 Å². The van der Waals surface area contributed by atoms with Crippen molar-refractivity contribution >= 4 is 5.69 Å². The summed E-state index contributed by atoms with van der Waals surface area (Å²) in [5.41, 5.74) is 7.38. The van der Waals surface area contributed by atoms with E-state index in [1.807, 2.05) is 24.3 Å². The largest absolute Gasteiger partial charge is 0.399 e. The van der Waals surface area contributed by atoms with Crippen molar-refractivity contribution in [2.75, 3.05) is 5.73 Å². The Labute approximate surface area is 113 Å². The number of nitrogen functional groups attached to an aromatic ring is 1. The van der Waals surface area contributed by atoms with E-state index in [2.05, 4.69) is 10.1 Å². The molecule has 1 aromatic heterocycles. The van der Waals surface area contributed by atoms with Gasteiger partial charge in [-0.3, -0.25) is 0 Å². The number of nitrogens with zero attached hydrogens (tertiary/aromatic N) is 2. The second-order valence-electron chi connectivity index (χ2n) is 5.27. The molecule has 0 bridgehead atoms. The molecule has 0 radical (unpaired) electrons. The number of aromatic nitrogens is 2. The molecule has 1 saturated carbocycles. The van der Waals surface area contributed by atoms with Gasteiger partial charge < -0.3 is 10.3 Å². The van der Waals surface area contributed by atoms with Crippen molar-refractivity contribution in [3.05, 3.63) is 30.2 Å². The molecular formula is C15H19N3O. The molecule has 19 heavy (non-hydrogen) atoms. The minimum Gasteiger partial charge on any atom is -0.399 e. The third-order valence-electron chi connectivity index (χ3n) is 3.82. The van der Waals surface area contributed by atoms with E-state index in [0.717, 1.165) is 17.1 Å². The Morgan fingerprint density at radius 2 is 1.68 bits per heavy atom. The third-order valence-corrected chi connectivity index (χ3v) is 3.82. The first-order valence-corrected chi connectivity index (χ1v) is 7.02. The average molecular weight is 257 g/mol. The van der Waals surface area contributed by atoms with Gasteiger partial charge >= 0.3 is 0 Å². The molecular weight excluding hydrogens is 238 g/mol. The monoisotopic (exact) mass is 257 g/mol. The highest BCUT2D eigenvalue weighted by atomic mass is 16.5. The summed E-state index contributed by atoms with van der Waals surface area (Å²) in [5, 5.41) is 4.09. The second-order valence-corrected chi connectivity index (χ2v) is 5.27. The van der Waals surface area contributed by atoms with Crippen molar-refractivity contribution < 1.29 is 4.52 Å². The first-order valence-electron chi connectivity index (χ1n) is 7.02. The van der Waals surface area contributed by atoms with Gasteiger partial charge in [0.2, 0.25) is 11.7 Å². The molecule has 0 saturated heterocycles. The van der Waals surface area contributed by atoms with Crippen LogP contribution in [0.3, 0.4) is 0 Å². The van der Waals surface area contributed by atoms with E-state index in [0.29, 0.717) is 11.7 Å². The van der Waals surface area contributed by atoms with E-state index in [-0.39, 0.29) is 0 Å². The maximum atomic E-state index is 5.68. The predicted octanol–water partition coefficient (Wildman–Crippen LogP) is 3.76. The summed E-state index contributed by atoms with van der Waals surface area (Å²) in [4.78, 5) is 4.56. The van der Waals surface area contributed by atoms with Crippen LogP contribution in [-0.4, -0.2) is 10.1 Å². The zero-order valence-electron chi connectivity index (χ0n) is 11.0. The van der Waals surface area contributed by atoms with E-state index in [1.54, 1.807) is 0 Å².